The highest BCUT2D eigenvalue weighted by Gasteiger charge is 2.13. The molecule has 0 aliphatic heterocycles. The molecule has 0 heterocycles. The molecular weight excluding hydrogens is 343 g/mol. The maximum atomic E-state index is 12.1. The van der Waals surface area contributed by atoms with E-state index in [-0.39, 0.29) is 5.91 Å². The molecule has 0 saturated heterocycles. The Bertz CT molecular complexity index is 662. The first-order valence-electron chi connectivity index (χ1n) is 6.75. The summed E-state index contributed by atoms with van der Waals surface area (Å²) >= 11 is 17.8. The molecule has 0 spiro atoms. The van der Waals surface area contributed by atoms with Crippen LogP contribution in [0.25, 0.3) is 0 Å². The van der Waals surface area contributed by atoms with Crippen molar-refractivity contribution < 1.29 is 9.69 Å². The van der Waals surface area contributed by atoms with Gasteiger partial charge in [-0.15, -0.1) is 0 Å². The van der Waals surface area contributed by atoms with Gasteiger partial charge in [0.05, 0.1) is 27.8 Å². The van der Waals surface area contributed by atoms with Gasteiger partial charge in [-0.25, -0.2) is 0 Å². The van der Waals surface area contributed by atoms with Crippen LogP contribution in [-0.2, 0) is 11.3 Å². The smallest absolute Gasteiger partial charge is 0.279 e. The van der Waals surface area contributed by atoms with Crippen LogP contribution >= 0.6 is 34.8 Å². The summed E-state index contributed by atoms with van der Waals surface area (Å²) in [6.45, 7) is 1.09. The number of rotatable bonds is 5. The zero-order chi connectivity index (χ0) is 16.1. The van der Waals surface area contributed by atoms with E-state index >= 15 is 0 Å². The van der Waals surface area contributed by atoms with Crippen LogP contribution in [0.3, 0.4) is 0 Å². The molecule has 0 aromatic heterocycles. The molecular formula is C16H16Cl3N2O+. The Kier molecular flexibility index (Phi) is 6.09. The lowest BCUT2D eigenvalue weighted by atomic mass is 10.2. The quantitative estimate of drug-likeness (QED) is 0.790. The van der Waals surface area contributed by atoms with Crippen LogP contribution in [0.15, 0.2) is 42.5 Å². The maximum Gasteiger partial charge on any atom is 0.279 e. The molecule has 1 atom stereocenters. The van der Waals surface area contributed by atoms with E-state index in [4.69, 9.17) is 34.8 Å². The van der Waals surface area contributed by atoms with Crippen molar-refractivity contribution in [2.24, 2.45) is 0 Å². The van der Waals surface area contributed by atoms with Crippen LogP contribution < -0.4 is 10.2 Å². The molecule has 2 aromatic rings. The number of anilines is 1. The summed E-state index contributed by atoms with van der Waals surface area (Å²) in [5.74, 6) is -0.131. The van der Waals surface area contributed by atoms with Crippen LogP contribution in [0, 0.1) is 0 Å². The lowest BCUT2D eigenvalue weighted by Gasteiger charge is -2.14. The standard InChI is InChI=1S/C16H15Cl3N2O/c1-21(9-11-5-3-2-4-6-11)10-16(22)20-15-8-13(18)12(17)7-14(15)19/h2-8H,9-10H2,1H3,(H,20,22)/p+1. The number of amides is 1. The lowest BCUT2D eigenvalue weighted by molar-refractivity contribution is -0.885. The number of nitrogens with one attached hydrogen (secondary N) is 2. The molecule has 2 N–H and O–H groups in total. The summed E-state index contributed by atoms with van der Waals surface area (Å²) in [6.07, 6.45) is 0. The van der Waals surface area contributed by atoms with Crippen molar-refractivity contribution in [3.8, 4) is 0 Å². The Labute approximate surface area is 144 Å². The summed E-state index contributed by atoms with van der Waals surface area (Å²) in [7, 11) is 1.96. The van der Waals surface area contributed by atoms with Gasteiger partial charge in [-0.05, 0) is 12.1 Å². The molecule has 0 radical (unpaired) electrons. The third-order valence-corrected chi connectivity index (χ3v) is 4.13. The topological polar surface area (TPSA) is 33.5 Å². The molecule has 2 aromatic carbocycles. The van der Waals surface area contributed by atoms with Crippen molar-refractivity contribution in [2.45, 2.75) is 6.54 Å². The normalized spacial score (nSPS) is 12.0. The zero-order valence-electron chi connectivity index (χ0n) is 12.0. The first-order chi connectivity index (χ1) is 10.5. The number of likely N-dealkylation sites (N-methyl/N-ethyl adjacent to an activating group) is 1. The minimum absolute atomic E-state index is 0.131. The van der Waals surface area contributed by atoms with Gasteiger partial charge in [-0.1, -0.05) is 65.1 Å². The third-order valence-electron chi connectivity index (χ3n) is 3.10. The van der Waals surface area contributed by atoms with Crippen LogP contribution in [0.4, 0.5) is 5.69 Å². The fourth-order valence-corrected chi connectivity index (χ4v) is 2.69. The second kappa shape index (κ2) is 7.84. The van der Waals surface area contributed by atoms with Gasteiger partial charge >= 0.3 is 0 Å². The molecule has 1 amide bonds. The Balaban J connectivity index is 1.94. The molecule has 22 heavy (non-hydrogen) atoms. The molecule has 1 unspecified atom stereocenters. The highest BCUT2D eigenvalue weighted by atomic mass is 35.5. The van der Waals surface area contributed by atoms with Gasteiger partial charge in [-0.3, -0.25) is 4.79 Å². The van der Waals surface area contributed by atoms with E-state index in [0.29, 0.717) is 27.3 Å². The highest BCUT2D eigenvalue weighted by molar-refractivity contribution is 6.44. The van der Waals surface area contributed by atoms with Crippen molar-refractivity contribution >= 4 is 46.4 Å². The number of hydrogen-bond acceptors (Lipinski definition) is 1. The SMILES string of the molecule is C[NH+](CC(=O)Nc1cc(Cl)c(Cl)cc1Cl)Cc1ccccc1. The number of quaternary nitrogens is 1. The van der Waals surface area contributed by atoms with E-state index in [2.05, 4.69) is 5.32 Å². The van der Waals surface area contributed by atoms with Gasteiger partial charge in [0.15, 0.2) is 6.54 Å². The number of benzene rings is 2. The first-order valence-corrected chi connectivity index (χ1v) is 7.88. The molecule has 6 heteroatoms. The van der Waals surface area contributed by atoms with E-state index in [1.165, 1.54) is 11.6 Å². The van der Waals surface area contributed by atoms with Crippen molar-refractivity contribution in [2.75, 3.05) is 18.9 Å². The zero-order valence-corrected chi connectivity index (χ0v) is 14.3. The maximum absolute atomic E-state index is 12.1. The second-order valence-electron chi connectivity index (χ2n) is 5.09. The number of hydrogen-bond donors (Lipinski definition) is 2. The Hall–Kier alpha value is -1.26. The van der Waals surface area contributed by atoms with Gasteiger partial charge < -0.3 is 10.2 Å². The van der Waals surface area contributed by atoms with Crippen molar-refractivity contribution in [1.82, 2.24) is 0 Å². The van der Waals surface area contributed by atoms with Crippen LogP contribution in [0.5, 0.6) is 0 Å². The molecule has 3 nitrogen and oxygen atoms in total. The number of carbonyl (C=O) groups is 1. The number of carbonyl (C=O) groups excluding carboxylic acids is 1. The Morgan fingerprint density at radius 2 is 1.68 bits per heavy atom. The van der Waals surface area contributed by atoms with Crippen molar-refractivity contribution in [3.63, 3.8) is 0 Å². The fraction of sp³-hybridized carbons (Fsp3) is 0.188. The lowest BCUT2D eigenvalue weighted by Crippen LogP contribution is -3.08. The largest absolute Gasteiger partial charge is 0.326 e. The number of halogens is 3. The monoisotopic (exact) mass is 357 g/mol. The first kappa shape index (κ1) is 17.1. The summed E-state index contributed by atoms with van der Waals surface area (Å²) in [5, 5.41) is 3.84. The van der Waals surface area contributed by atoms with E-state index in [9.17, 15) is 4.79 Å². The molecule has 0 bridgehead atoms. The Morgan fingerprint density at radius 1 is 1.05 bits per heavy atom. The molecule has 0 aliphatic rings. The molecule has 0 fully saturated rings. The van der Waals surface area contributed by atoms with Crippen LogP contribution in [-0.4, -0.2) is 19.5 Å². The van der Waals surface area contributed by atoms with Gasteiger partial charge in [0.1, 0.15) is 6.54 Å². The predicted octanol–water partition coefficient (Wildman–Crippen LogP) is 3.30. The van der Waals surface area contributed by atoms with Crippen LogP contribution in [0.2, 0.25) is 15.1 Å². The second-order valence-corrected chi connectivity index (χ2v) is 6.31. The van der Waals surface area contributed by atoms with Gasteiger partial charge in [0, 0.05) is 5.56 Å². The molecule has 0 aliphatic carbocycles. The summed E-state index contributed by atoms with van der Waals surface area (Å²) in [6, 6.07) is 13.1. The van der Waals surface area contributed by atoms with E-state index in [0.717, 1.165) is 11.4 Å². The van der Waals surface area contributed by atoms with Crippen LogP contribution in [0.1, 0.15) is 5.56 Å². The average molecular weight is 359 g/mol. The highest BCUT2D eigenvalue weighted by Crippen LogP contribution is 2.32. The third kappa shape index (κ3) is 4.89. The molecule has 0 saturated carbocycles. The summed E-state index contributed by atoms with van der Waals surface area (Å²) in [4.78, 5) is 13.2. The summed E-state index contributed by atoms with van der Waals surface area (Å²) in [5.41, 5.74) is 1.65. The minimum atomic E-state index is -0.131. The fourth-order valence-electron chi connectivity index (χ4n) is 2.09. The van der Waals surface area contributed by atoms with Crippen molar-refractivity contribution in [3.05, 3.63) is 63.1 Å². The Morgan fingerprint density at radius 3 is 2.36 bits per heavy atom. The van der Waals surface area contributed by atoms with Gasteiger partial charge in [0.2, 0.25) is 0 Å². The van der Waals surface area contributed by atoms with Gasteiger partial charge in [0.25, 0.3) is 5.91 Å². The minimum Gasteiger partial charge on any atom is -0.326 e. The summed E-state index contributed by atoms with van der Waals surface area (Å²) < 4.78 is 0. The van der Waals surface area contributed by atoms with E-state index in [1.807, 2.05) is 37.4 Å². The molecule has 2 rings (SSSR count). The van der Waals surface area contributed by atoms with Gasteiger partial charge in [-0.2, -0.15) is 0 Å². The van der Waals surface area contributed by atoms with E-state index in [1.54, 1.807) is 6.07 Å². The van der Waals surface area contributed by atoms with E-state index < -0.39 is 0 Å². The molecule has 116 valence electrons. The average Bonchev–Trinajstić information content (AvgIpc) is 2.45. The van der Waals surface area contributed by atoms with Crippen molar-refractivity contribution in [1.29, 1.82) is 0 Å². The predicted molar refractivity (Wildman–Crippen MR) is 92.0 cm³/mol.